The van der Waals surface area contributed by atoms with Crippen molar-refractivity contribution in [3.8, 4) is 5.75 Å². The largest absolute Gasteiger partial charge is 0.494 e. The van der Waals surface area contributed by atoms with E-state index in [9.17, 15) is 4.79 Å². The molecule has 0 aliphatic carbocycles. The Morgan fingerprint density at radius 1 is 1.21 bits per heavy atom. The zero-order chi connectivity index (χ0) is 16.9. The van der Waals surface area contributed by atoms with Gasteiger partial charge in [0.1, 0.15) is 5.75 Å². The molecule has 0 fully saturated rings. The van der Waals surface area contributed by atoms with Crippen LogP contribution >= 0.6 is 0 Å². The Balaban J connectivity index is 1.57. The standard InChI is InChI=1S/C19H21N3O2/c1-14-9-10-17-16(13-14)18(21-20-17)19(23)22(2)11-6-12-24-15-7-4-3-5-8-15/h3-5,7-10,13H,6,11-12H2,1-2H3,(H,20,21). The number of amides is 1. The summed E-state index contributed by atoms with van der Waals surface area (Å²) in [4.78, 5) is 14.3. The second-order valence-electron chi connectivity index (χ2n) is 5.86. The summed E-state index contributed by atoms with van der Waals surface area (Å²) in [5, 5.41) is 7.97. The van der Waals surface area contributed by atoms with Crippen LogP contribution in [0.2, 0.25) is 0 Å². The van der Waals surface area contributed by atoms with Gasteiger partial charge in [-0.15, -0.1) is 0 Å². The van der Waals surface area contributed by atoms with Crippen molar-refractivity contribution in [3.63, 3.8) is 0 Å². The summed E-state index contributed by atoms with van der Waals surface area (Å²) in [6.45, 7) is 3.19. The van der Waals surface area contributed by atoms with Crippen molar-refractivity contribution in [2.45, 2.75) is 13.3 Å². The molecule has 0 unspecified atom stereocenters. The molecular formula is C19H21N3O2. The number of aromatic nitrogens is 2. The van der Waals surface area contributed by atoms with E-state index < -0.39 is 0 Å². The van der Waals surface area contributed by atoms with Gasteiger partial charge in [0.25, 0.3) is 5.91 Å². The maximum atomic E-state index is 12.6. The van der Waals surface area contributed by atoms with Crippen LogP contribution in [0.5, 0.6) is 5.75 Å². The second-order valence-corrected chi connectivity index (χ2v) is 5.86. The van der Waals surface area contributed by atoms with Crippen LogP contribution in [0.3, 0.4) is 0 Å². The molecular weight excluding hydrogens is 302 g/mol. The Hall–Kier alpha value is -2.82. The topological polar surface area (TPSA) is 58.2 Å². The highest BCUT2D eigenvalue weighted by Gasteiger charge is 2.18. The molecule has 0 aliphatic heterocycles. The van der Waals surface area contributed by atoms with Crippen molar-refractivity contribution in [2.75, 3.05) is 20.2 Å². The highest BCUT2D eigenvalue weighted by molar-refractivity contribution is 6.04. The smallest absolute Gasteiger partial charge is 0.274 e. The number of rotatable bonds is 6. The minimum atomic E-state index is -0.0773. The number of carbonyl (C=O) groups excluding carboxylic acids is 1. The highest BCUT2D eigenvalue weighted by Crippen LogP contribution is 2.18. The number of para-hydroxylation sites is 1. The minimum Gasteiger partial charge on any atom is -0.494 e. The fourth-order valence-electron chi connectivity index (χ4n) is 2.58. The van der Waals surface area contributed by atoms with E-state index in [0.717, 1.165) is 28.6 Å². The maximum absolute atomic E-state index is 12.6. The lowest BCUT2D eigenvalue weighted by molar-refractivity contribution is 0.0784. The molecule has 0 bridgehead atoms. The van der Waals surface area contributed by atoms with E-state index in [-0.39, 0.29) is 5.91 Å². The summed E-state index contributed by atoms with van der Waals surface area (Å²) in [6.07, 6.45) is 0.762. The Kier molecular flexibility index (Phi) is 4.79. The number of ether oxygens (including phenoxy) is 1. The molecule has 0 saturated heterocycles. The third kappa shape index (κ3) is 3.56. The number of H-pyrrole nitrogens is 1. The van der Waals surface area contributed by atoms with Crippen molar-refractivity contribution < 1.29 is 9.53 Å². The molecule has 24 heavy (non-hydrogen) atoms. The third-order valence-corrected chi connectivity index (χ3v) is 3.92. The van der Waals surface area contributed by atoms with Crippen LogP contribution in [0.1, 0.15) is 22.5 Å². The monoisotopic (exact) mass is 323 g/mol. The molecule has 0 spiro atoms. The number of nitrogens with one attached hydrogen (secondary N) is 1. The van der Waals surface area contributed by atoms with E-state index in [1.165, 1.54) is 0 Å². The Morgan fingerprint density at radius 3 is 2.79 bits per heavy atom. The molecule has 2 aromatic carbocycles. The molecule has 0 radical (unpaired) electrons. The molecule has 0 atom stereocenters. The van der Waals surface area contributed by atoms with Gasteiger partial charge in [-0.05, 0) is 37.6 Å². The molecule has 1 heterocycles. The van der Waals surface area contributed by atoms with Gasteiger partial charge in [0, 0.05) is 19.0 Å². The van der Waals surface area contributed by atoms with Crippen molar-refractivity contribution in [1.82, 2.24) is 15.1 Å². The first kappa shape index (κ1) is 16.1. The van der Waals surface area contributed by atoms with Gasteiger partial charge < -0.3 is 9.64 Å². The fraction of sp³-hybridized carbons (Fsp3) is 0.263. The summed E-state index contributed by atoms with van der Waals surface area (Å²) < 4.78 is 5.65. The first-order chi connectivity index (χ1) is 11.6. The minimum absolute atomic E-state index is 0.0773. The molecule has 0 saturated carbocycles. The van der Waals surface area contributed by atoms with Crippen molar-refractivity contribution in [3.05, 3.63) is 59.8 Å². The van der Waals surface area contributed by atoms with Crippen LogP contribution in [0.25, 0.3) is 10.9 Å². The van der Waals surface area contributed by atoms with Crippen molar-refractivity contribution >= 4 is 16.8 Å². The lowest BCUT2D eigenvalue weighted by atomic mass is 10.1. The number of aryl methyl sites for hydroxylation is 1. The second kappa shape index (κ2) is 7.17. The number of benzene rings is 2. The maximum Gasteiger partial charge on any atom is 0.274 e. The van der Waals surface area contributed by atoms with Crippen molar-refractivity contribution in [1.29, 1.82) is 0 Å². The van der Waals surface area contributed by atoms with Gasteiger partial charge in [-0.25, -0.2) is 0 Å². The quantitative estimate of drug-likeness (QED) is 0.707. The van der Waals surface area contributed by atoms with E-state index in [1.807, 2.05) is 55.5 Å². The first-order valence-electron chi connectivity index (χ1n) is 8.03. The van der Waals surface area contributed by atoms with E-state index >= 15 is 0 Å². The predicted octanol–water partition coefficient (Wildman–Crippen LogP) is 3.41. The first-order valence-corrected chi connectivity index (χ1v) is 8.03. The lowest BCUT2D eigenvalue weighted by Gasteiger charge is -2.16. The van der Waals surface area contributed by atoms with E-state index in [0.29, 0.717) is 18.8 Å². The summed E-state index contributed by atoms with van der Waals surface area (Å²) >= 11 is 0. The Labute approximate surface area is 141 Å². The molecule has 3 aromatic rings. The van der Waals surface area contributed by atoms with Gasteiger partial charge in [0.15, 0.2) is 5.69 Å². The number of nitrogens with zero attached hydrogens (tertiary/aromatic N) is 2. The summed E-state index contributed by atoms with van der Waals surface area (Å²) in [5.74, 6) is 0.770. The number of fused-ring (bicyclic) bond motifs is 1. The van der Waals surface area contributed by atoms with Gasteiger partial charge in [-0.1, -0.05) is 29.8 Å². The highest BCUT2D eigenvalue weighted by atomic mass is 16.5. The normalized spacial score (nSPS) is 10.8. The molecule has 1 amide bonds. The van der Waals surface area contributed by atoms with Gasteiger partial charge in [0.2, 0.25) is 0 Å². The Bertz CT molecular complexity index is 827. The van der Waals surface area contributed by atoms with Crippen LogP contribution < -0.4 is 4.74 Å². The molecule has 0 aliphatic rings. The van der Waals surface area contributed by atoms with E-state index in [4.69, 9.17) is 4.74 Å². The summed E-state index contributed by atoms with van der Waals surface area (Å²) in [5.41, 5.74) is 2.46. The molecule has 5 nitrogen and oxygen atoms in total. The van der Waals surface area contributed by atoms with Crippen LogP contribution in [-0.2, 0) is 0 Å². The molecule has 1 aromatic heterocycles. The van der Waals surface area contributed by atoms with Crippen LogP contribution in [0.15, 0.2) is 48.5 Å². The Morgan fingerprint density at radius 2 is 2.00 bits per heavy atom. The zero-order valence-electron chi connectivity index (χ0n) is 14.0. The molecule has 1 N–H and O–H groups in total. The molecule has 124 valence electrons. The predicted molar refractivity (Wildman–Crippen MR) is 94.3 cm³/mol. The number of aromatic amines is 1. The number of hydrogen-bond donors (Lipinski definition) is 1. The molecule has 5 heteroatoms. The lowest BCUT2D eigenvalue weighted by Crippen LogP contribution is -2.29. The van der Waals surface area contributed by atoms with Gasteiger partial charge in [-0.2, -0.15) is 5.10 Å². The van der Waals surface area contributed by atoms with E-state index in [1.54, 1.807) is 11.9 Å². The van der Waals surface area contributed by atoms with E-state index in [2.05, 4.69) is 10.2 Å². The SMILES string of the molecule is Cc1ccc2[nH]nc(C(=O)N(C)CCCOc3ccccc3)c2c1. The van der Waals surface area contributed by atoms with Crippen LogP contribution in [0.4, 0.5) is 0 Å². The summed E-state index contributed by atoms with van der Waals surface area (Å²) in [7, 11) is 1.79. The van der Waals surface area contributed by atoms with Crippen LogP contribution in [0, 0.1) is 6.92 Å². The fourth-order valence-corrected chi connectivity index (χ4v) is 2.58. The van der Waals surface area contributed by atoms with Gasteiger partial charge in [-0.3, -0.25) is 9.89 Å². The van der Waals surface area contributed by atoms with Crippen molar-refractivity contribution in [2.24, 2.45) is 0 Å². The van der Waals surface area contributed by atoms with Gasteiger partial charge in [0.05, 0.1) is 12.1 Å². The van der Waals surface area contributed by atoms with Gasteiger partial charge >= 0.3 is 0 Å². The molecule has 3 rings (SSSR count). The number of hydrogen-bond acceptors (Lipinski definition) is 3. The average Bonchev–Trinajstić information content (AvgIpc) is 3.01. The zero-order valence-corrected chi connectivity index (χ0v) is 14.0. The van der Waals surface area contributed by atoms with Crippen LogP contribution in [-0.4, -0.2) is 41.2 Å². The number of carbonyl (C=O) groups is 1. The summed E-state index contributed by atoms with van der Waals surface area (Å²) in [6, 6.07) is 15.6. The third-order valence-electron chi connectivity index (χ3n) is 3.92. The average molecular weight is 323 g/mol.